The van der Waals surface area contributed by atoms with E-state index in [0.29, 0.717) is 21.8 Å². The lowest BCUT2D eigenvalue weighted by Gasteiger charge is -2.27. The Balaban J connectivity index is 2.12. The SMILES string of the molecule is CC1CCCCCN1Cc1cc(Cl)c(N)c(Cl)c1. The van der Waals surface area contributed by atoms with E-state index in [1.165, 1.54) is 25.7 Å². The third-order valence-electron chi connectivity index (χ3n) is 3.72. The highest BCUT2D eigenvalue weighted by atomic mass is 35.5. The molecule has 2 N–H and O–H groups in total. The first-order valence-corrected chi connectivity index (χ1v) is 7.31. The number of nitrogens with two attached hydrogens (primary N) is 1. The van der Waals surface area contributed by atoms with Crippen LogP contribution in [0.4, 0.5) is 5.69 Å². The van der Waals surface area contributed by atoms with E-state index < -0.39 is 0 Å². The summed E-state index contributed by atoms with van der Waals surface area (Å²) in [6.07, 6.45) is 5.22. The number of likely N-dealkylation sites (tertiary alicyclic amines) is 1. The van der Waals surface area contributed by atoms with E-state index in [1.54, 1.807) is 0 Å². The molecule has 1 heterocycles. The number of benzene rings is 1. The van der Waals surface area contributed by atoms with Crippen molar-refractivity contribution in [1.82, 2.24) is 4.90 Å². The number of nitrogen functional groups attached to an aromatic ring is 1. The van der Waals surface area contributed by atoms with Crippen LogP contribution in [0.2, 0.25) is 10.0 Å². The maximum absolute atomic E-state index is 6.08. The minimum Gasteiger partial charge on any atom is -0.396 e. The quantitative estimate of drug-likeness (QED) is 0.820. The summed E-state index contributed by atoms with van der Waals surface area (Å²) in [6, 6.07) is 4.49. The zero-order chi connectivity index (χ0) is 13.1. The van der Waals surface area contributed by atoms with Crippen LogP contribution < -0.4 is 5.73 Å². The molecule has 1 aliphatic heterocycles. The van der Waals surface area contributed by atoms with Crippen LogP contribution >= 0.6 is 23.2 Å². The fourth-order valence-electron chi connectivity index (χ4n) is 2.53. The highest BCUT2D eigenvalue weighted by Gasteiger charge is 2.17. The van der Waals surface area contributed by atoms with Gasteiger partial charge in [0.1, 0.15) is 0 Å². The van der Waals surface area contributed by atoms with Crippen molar-refractivity contribution >= 4 is 28.9 Å². The van der Waals surface area contributed by atoms with Gasteiger partial charge in [0.15, 0.2) is 0 Å². The van der Waals surface area contributed by atoms with Gasteiger partial charge in [-0.1, -0.05) is 36.0 Å². The third kappa shape index (κ3) is 3.31. The standard InChI is InChI=1S/C14H20Cl2N2/c1-10-5-3-2-4-6-18(10)9-11-7-12(15)14(17)13(16)8-11/h7-8,10H,2-6,9,17H2,1H3. The van der Waals surface area contributed by atoms with E-state index in [2.05, 4.69) is 11.8 Å². The molecule has 1 saturated heterocycles. The molecule has 18 heavy (non-hydrogen) atoms. The van der Waals surface area contributed by atoms with Gasteiger partial charge in [-0.15, -0.1) is 0 Å². The average Bonchev–Trinajstić information content (AvgIpc) is 2.52. The summed E-state index contributed by atoms with van der Waals surface area (Å²) >= 11 is 12.2. The van der Waals surface area contributed by atoms with Crippen LogP contribution in [-0.4, -0.2) is 17.5 Å². The number of nitrogens with zero attached hydrogens (tertiary/aromatic N) is 1. The van der Waals surface area contributed by atoms with Gasteiger partial charge < -0.3 is 5.73 Å². The van der Waals surface area contributed by atoms with Crippen molar-refractivity contribution in [2.24, 2.45) is 0 Å². The maximum Gasteiger partial charge on any atom is 0.0693 e. The van der Waals surface area contributed by atoms with Gasteiger partial charge in [-0.25, -0.2) is 0 Å². The van der Waals surface area contributed by atoms with Crippen LogP contribution in [0.5, 0.6) is 0 Å². The Morgan fingerprint density at radius 3 is 2.56 bits per heavy atom. The fourth-order valence-corrected chi connectivity index (χ4v) is 3.06. The normalized spacial score (nSPS) is 21.8. The van der Waals surface area contributed by atoms with E-state index in [9.17, 15) is 0 Å². The zero-order valence-corrected chi connectivity index (χ0v) is 12.3. The smallest absolute Gasteiger partial charge is 0.0693 e. The average molecular weight is 287 g/mol. The van der Waals surface area contributed by atoms with Crippen LogP contribution in [0.15, 0.2) is 12.1 Å². The van der Waals surface area contributed by atoms with E-state index in [0.717, 1.165) is 18.7 Å². The van der Waals surface area contributed by atoms with Crippen LogP contribution in [0.1, 0.15) is 38.2 Å². The molecule has 0 radical (unpaired) electrons. The first-order chi connectivity index (χ1) is 8.58. The van der Waals surface area contributed by atoms with Gasteiger partial charge in [0.05, 0.1) is 15.7 Å². The van der Waals surface area contributed by atoms with Gasteiger partial charge >= 0.3 is 0 Å². The van der Waals surface area contributed by atoms with Crippen LogP contribution in [-0.2, 0) is 6.54 Å². The van der Waals surface area contributed by atoms with Crippen LogP contribution in [0.25, 0.3) is 0 Å². The third-order valence-corrected chi connectivity index (χ3v) is 4.34. The van der Waals surface area contributed by atoms with Gasteiger partial charge in [0, 0.05) is 12.6 Å². The van der Waals surface area contributed by atoms with Crippen molar-refractivity contribution in [3.05, 3.63) is 27.7 Å². The Morgan fingerprint density at radius 2 is 1.89 bits per heavy atom. The fraction of sp³-hybridized carbons (Fsp3) is 0.571. The Kier molecular flexibility index (Phi) is 4.77. The molecular formula is C14H20Cl2N2. The molecule has 1 unspecified atom stereocenters. The van der Waals surface area contributed by atoms with E-state index in [4.69, 9.17) is 28.9 Å². The number of anilines is 1. The van der Waals surface area contributed by atoms with Crippen LogP contribution in [0.3, 0.4) is 0 Å². The number of hydrogen-bond donors (Lipinski definition) is 1. The molecule has 0 spiro atoms. The maximum atomic E-state index is 6.08. The Labute approximate surface area is 119 Å². The Bertz CT molecular complexity index is 397. The molecule has 0 bridgehead atoms. The van der Waals surface area contributed by atoms with Gasteiger partial charge in [0.2, 0.25) is 0 Å². The van der Waals surface area contributed by atoms with Crippen molar-refractivity contribution in [2.75, 3.05) is 12.3 Å². The molecule has 1 atom stereocenters. The van der Waals surface area contributed by atoms with Crippen LogP contribution in [0, 0.1) is 0 Å². The second-order valence-corrected chi connectivity index (χ2v) is 5.96. The summed E-state index contributed by atoms with van der Waals surface area (Å²) in [5.74, 6) is 0. The zero-order valence-electron chi connectivity index (χ0n) is 10.8. The molecule has 1 aromatic rings. The second kappa shape index (κ2) is 6.14. The second-order valence-electron chi connectivity index (χ2n) is 5.14. The summed E-state index contributed by atoms with van der Waals surface area (Å²) < 4.78 is 0. The minimum absolute atomic E-state index is 0.478. The molecule has 1 aliphatic rings. The van der Waals surface area contributed by atoms with Gasteiger partial charge in [-0.2, -0.15) is 0 Å². The van der Waals surface area contributed by atoms with Crippen molar-refractivity contribution in [3.63, 3.8) is 0 Å². The molecular weight excluding hydrogens is 267 g/mol. The van der Waals surface area contributed by atoms with Crippen molar-refractivity contribution in [1.29, 1.82) is 0 Å². The summed E-state index contributed by atoms with van der Waals surface area (Å²) in [5, 5.41) is 1.11. The molecule has 4 heteroatoms. The number of halogens is 2. The molecule has 0 aliphatic carbocycles. The molecule has 0 amide bonds. The highest BCUT2D eigenvalue weighted by molar-refractivity contribution is 6.38. The lowest BCUT2D eigenvalue weighted by molar-refractivity contribution is 0.205. The lowest BCUT2D eigenvalue weighted by atomic mass is 10.1. The first-order valence-electron chi connectivity index (χ1n) is 6.55. The predicted molar refractivity (Wildman–Crippen MR) is 79.2 cm³/mol. The summed E-state index contributed by atoms with van der Waals surface area (Å²) in [7, 11) is 0. The molecule has 1 aromatic carbocycles. The van der Waals surface area contributed by atoms with E-state index >= 15 is 0 Å². The molecule has 2 nitrogen and oxygen atoms in total. The Hall–Kier alpha value is -0.440. The van der Waals surface area contributed by atoms with Gasteiger partial charge in [-0.3, -0.25) is 4.90 Å². The highest BCUT2D eigenvalue weighted by Crippen LogP contribution is 2.30. The topological polar surface area (TPSA) is 29.3 Å². The molecule has 2 rings (SSSR count). The summed E-state index contributed by atoms with van der Waals surface area (Å²) in [4.78, 5) is 2.51. The molecule has 1 fully saturated rings. The monoisotopic (exact) mass is 286 g/mol. The number of rotatable bonds is 2. The Morgan fingerprint density at radius 1 is 1.22 bits per heavy atom. The molecule has 100 valence electrons. The van der Waals surface area contributed by atoms with E-state index in [-0.39, 0.29) is 0 Å². The van der Waals surface area contributed by atoms with Crippen molar-refractivity contribution in [3.8, 4) is 0 Å². The first kappa shape index (κ1) is 14.0. The van der Waals surface area contributed by atoms with Gasteiger partial charge in [-0.05, 0) is 44.0 Å². The van der Waals surface area contributed by atoms with Crippen molar-refractivity contribution in [2.45, 2.75) is 45.2 Å². The van der Waals surface area contributed by atoms with E-state index in [1.807, 2.05) is 12.1 Å². The predicted octanol–water partition coefficient (Wildman–Crippen LogP) is 4.34. The van der Waals surface area contributed by atoms with Crippen molar-refractivity contribution < 1.29 is 0 Å². The molecule has 0 saturated carbocycles. The summed E-state index contributed by atoms with van der Waals surface area (Å²) in [6.45, 7) is 4.35. The number of hydrogen-bond acceptors (Lipinski definition) is 2. The summed E-state index contributed by atoms with van der Waals surface area (Å²) in [5.41, 5.74) is 7.38. The minimum atomic E-state index is 0.478. The van der Waals surface area contributed by atoms with Gasteiger partial charge in [0.25, 0.3) is 0 Å². The largest absolute Gasteiger partial charge is 0.396 e. The molecule has 0 aromatic heterocycles. The lowest BCUT2D eigenvalue weighted by Crippen LogP contribution is -2.31.